The Balaban J connectivity index is 1.04. The molecule has 1 aliphatic carbocycles. The minimum absolute atomic E-state index is 0.0939. The van der Waals surface area contributed by atoms with E-state index in [9.17, 15) is 19.5 Å². The third kappa shape index (κ3) is 7.56. The molecule has 1 saturated carbocycles. The van der Waals surface area contributed by atoms with E-state index in [2.05, 4.69) is 67.2 Å². The molecule has 9 heteroatoms. The van der Waals surface area contributed by atoms with Gasteiger partial charge in [0, 0.05) is 46.9 Å². The van der Waals surface area contributed by atoms with E-state index in [0.29, 0.717) is 29.5 Å². The smallest absolute Gasteiger partial charge is 0.308 e. The van der Waals surface area contributed by atoms with Gasteiger partial charge in [-0.1, -0.05) is 82.6 Å². The van der Waals surface area contributed by atoms with Crippen LogP contribution in [0.15, 0.2) is 73.1 Å². The molecule has 2 bridgehead atoms. The average Bonchev–Trinajstić information content (AvgIpc) is 3.91. The normalized spacial score (nSPS) is 23.4. The van der Waals surface area contributed by atoms with Crippen molar-refractivity contribution in [2.75, 3.05) is 0 Å². The van der Waals surface area contributed by atoms with Gasteiger partial charge in [-0.05, 0) is 91.0 Å². The monoisotopic (exact) mass is 718 g/mol. The molecule has 272 valence electrons. The minimum Gasteiger partial charge on any atom is -0.481 e. The first kappa shape index (κ1) is 36.0. The van der Waals surface area contributed by atoms with Gasteiger partial charge in [-0.15, -0.1) is 11.3 Å². The van der Waals surface area contributed by atoms with Crippen LogP contribution in [0.5, 0.6) is 0 Å². The van der Waals surface area contributed by atoms with E-state index >= 15 is 0 Å². The Morgan fingerprint density at radius 2 is 1.54 bits per heavy atom. The summed E-state index contributed by atoms with van der Waals surface area (Å²) in [6.07, 6.45) is 12.5. The minimum atomic E-state index is -0.859. The number of aromatic nitrogens is 2. The maximum absolute atomic E-state index is 14.2. The molecule has 8 nitrogen and oxygen atoms in total. The van der Waals surface area contributed by atoms with Gasteiger partial charge in [0.25, 0.3) is 5.91 Å². The first-order chi connectivity index (χ1) is 25.0. The van der Waals surface area contributed by atoms with Gasteiger partial charge in [0.15, 0.2) is 5.82 Å². The van der Waals surface area contributed by atoms with E-state index in [0.717, 1.165) is 39.5 Å². The highest BCUT2D eigenvalue weighted by Gasteiger charge is 2.52. The molecule has 52 heavy (non-hydrogen) atoms. The van der Waals surface area contributed by atoms with Crippen molar-refractivity contribution in [1.82, 2.24) is 20.2 Å². The number of amides is 2. The van der Waals surface area contributed by atoms with Crippen molar-refractivity contribution in [2.45, 2.75) is 115 Å². The average molecular weight is 719 g/mol. The Labute approximate surface area is 311 Å². The number of benzene rings is 2. The Morgan fingerprint density at radius 1 is 0.865 bits per heavy atom. The molecule has 2 aromatic heterocycles. The molecule has 2 aliphatic heterocycles. The van der Waals surface area contributed by atoms with Crippen molar-refractivity contribution in [3.05, 3.63) is 93.9 Å². The summed E-state index contributed by atoms with van der Waals surface area (Å²) in [4.78, 5) is 52.5. The first-order valence-corrected chi connectivity index (χ1v) is 19.8. The number of nitrogens with one attached hydrogen (secondary N) is 1. The fourth-order valence-corrected chi connectivity index (χ4v) is 9.54. The van der Waals surface area contributed by atoms with E-state index < -0.39 is 17.9 Å². The largest absolute Gasteiger partial charge is 0.481 e. The van der Waals surface area contributed by atoms with Crippen LogP contribution in [0.2, 0.25) is 0 Å². The van der Waals surface area contributed by atoms with Gasteiger partial charge in [-0.3, -0.25) is 14.4 Å². The fraction of sp³-hybridized carbons (Fsp3) is 0.465. The van der Waals surface area contributed by atoms with Crippen LogP contribution in [-0.4, -0.2) is 55.9 Å². The Hall–Kier alpha value is -4.37. The highest BCUT2D eigenvalue weighted by molar-refractivity contribution is 7.14. The number of fused-ring (bicyclic) bond motifs is 2. The molecule has 3 aliphatic rings. The number of hydrogen-bond donors (Lipinski definition) is 2. The molecule has 4 aromatic rings. The lowest BCUT2D eigenvalue weighted by Gasteiger charge is -2.28. The van der Waals surface area contributed by atoms with E-state index in [-0.39, 0.29) is 35.7 Å². The second-order valence-electron chi connectivity index (χ2n) is 16.1. The number of carbonyl (C=O) groups is 3. The van der Waals surface area contributed by atoms with Crippen LogP contribution < -0.4 is 5.32 Å². The number of nitrogens with zero attached hydrogens (tertiary/aromatic N) is 3. The van der Waals surface area contributed by atoms with E-state index in [1.54, 1.807) is 4.90 Å². The van der Waals surface area contributed by atoms with Crippen molar-refractivity contribution in [3.8, 4) is 22.5 Å². The number of carboxylic acid groups (broad SMARTS) is 1. The summed E-state index contributed by atoms with van der Waals surface area (Å²) in [5.41, 5.74) is 5.14. The lowest BCUT2D eigenvalue weighted by Crippen LogP contribution is -2.51. The summed E-state index contributed by atoms with van der Waals surface area (Å²) in [7, 11) is 0. The lowest BCUT2D eigenvalue weighted by molar-refractivity contribution is -0.143. The highest BCUT2D eigenvalue weighted by Crippen LogP contribution is 2.42. The van der Waals surface area contributed by atoms with Gasteiger partial charge in [0.05, 0.1) is 10.8 Å². The second kappa shape index (κ2) is 14.9. The Morgan fingerprint density at radius 3 is 2.13 bits per heavy atom. The van der Waals surface area contributed by atoms with Gasteiger partial charge >= 0.3 is 5.97 Å². The van der Waals surface area contributed by atoms with Crippen LogP contribution in [0, 0.1) is 11.8 Å². The summed E-state index contributed by atoms with van der Waals surface area (Å²) in [5, 5.41) is 12.9. The summed E-state index contributed by atoms with van der Waals surface area (Å²) in [6.45, 7) is 8.62. The Kier molecular flexibility index (Phi) is 10.3. The molecule has 2 N–H and O–H groups in total. The third-order valence-electron chi connectivity index (χ3n) is 11.7. The molecule has 4 heterocycles. The second-order valence-corrected chi connectivity index (χ2v) is 17.2. The molecular weight excluding hydrogens is 669 g/mol. The van der Waals surface area contributed by atoms with Crippen molar-refractivity contribution in [2.24, 2.45) is 11.8 Å². The number of carbonyl (C=O) groups excluding carboxylic acids is 2. The van der Waals surface area contributed by atoms with Crippen LogP contribution in [0.1, 0.15) is 111 Å². The maximum Gasteiger partial charge on any atom is 0.308 e. The van der Waals surface area contributed by atoms with Gasteiger partial charge in [0.2, 0.25) is 5.91 Å². The number of carboxylic acids is 1. The van der Waals surface area contributed by atoms with E-state index in [1.165, 1.54) is 49.0 Å². The molecular formula is C43H50N4O4S. The van der Waals surface area contributed by atoms with Crippen LogP contribution >= 0.6 is 11.3 Å². The van der Waals surface area contributed by atoms with Crippen molar-refractivity contribution >= 4 is 29.1 Å². The molecule has 0 radical (unpaired) electrons. The zero-order chi connectivity index (χ0) is 36.6. The number of hydrogen-bond acceptors (Lipinski definition) is 6. The Bertz CT molecular complexity index is 1890. The molecule has 2 saturated heterocycles. The number of thiophene rings is 1. The van der Waals surface area contributed by atoms with Crippen molar-refractivity contribution in [1.29, 1.82) is 0 Å². The zero-order valence-electron chi connectivity index (χ0n) is 30.7. The predicted octanol–water partition coefficient (Wildman–Crippen LogP) is 8.66. The highest BCUT2D eigenvalue weighted by atomic mass is 32.1. The third-order valence-corrected chi connectivity index (χ3v) is 13.2. The van der Waals surface area contributed by atoms with Crippen LogP contribution in [0.3, 0.4) is 0 Å². The SMILES string of the molecule is CCC1CCC(c2ccc(-c3cnc(-c4ccc(C[C@H](NC(=O)c5ccc(C(C)(C)C)s5)C(=O)N5C6CCC5C(C(=O)O)C6)cc4)nc3)cc2)CC1. The van der Waals surface area contributed by atoms with Crippen LogP contribution in [-0.2, 0) is 21.4 Å². The van der Waals surface area contributed by atoms with Crippen molar-refractivity contribution in [3.63, 3.8) is 0 Å². The van der Waals surface area contributed by atoms with Gasteiger partial charge in [-0.2, -0.15) is 0 Å². The molecule has 7 rings (SSSR count). The fourth-order valence-electron chi connectivity index (χ4n) is 8.57. The molecule has 4 atom stereocenters. The standard InChI is InChI=1S/C43H50N4O4S/c1-5-26-6-10-28(11-7-26)29-14-16-30(17-15-29)32-24-44-39(45-25-32)31-12-8-27(9-13-31)22-35(46-40(48)37-20-21-38(52-37)43(2,3)4)41(49)47-33-18-19-36(47)34(23-33)42(50)51/h8-9,12-17,20-21,24-26,28,33-36H,5-7,10-11,18-19,22-23H2,1-4H3,(H,46,48)(H,50,51)/t26?,28?,33?,34?,35-,36?/m0/s1. The molecule has 2 amide bonds. The summed E-state index contributed by atoms with van der Waals surface area (Å²) in [6, 6.07) is 19.2. The van der Waals surface area contributed by atoms with Gasteiger partial charge < -0.3 is 15.3 Å². The topological polar surface area (TPSA) is 112 Å². The summed E-state index contributed by atoms with van der Waals surface area (Å²) < 4.78 is 0. The molecule has 3 unspecified atom stereocenters. The van der Waals surface area contributed by atoms with Gasteiger partial charge in [0.1, 0.15) is 6.04 Å². The molecule has 2 aromatic carbocycles. The maximum atomic E-state index is 14.2. The van der Waals surface area contributed by atoms with Crippen molar-refractivity contribution < 1.29 is 19.5 Å². The van der Waals surface area contributed by atoms with Crippen LogP contribution in [0.4, 0.5) is 0 Å². The summed E-state index contributed by atoms with van der Waals surface area (Å²) >= 11 is 1.44. The number of aliphatic carboxylic acids is 1. The molecule has 3 fully saturated rings. The van der Waals surface area contributed by atoms with Gasteiger partial charge in [-0.25, -0.2) is 9.97 Å². The van der Waals surface area contributed by atoms with E-state index in [4.69, 9.17) is 0 Å². The molecule has 0 spiro atoms. The van der Waals surface area contributed by atoms with Crippen LogP contribution in [0.25, 0.3) is 22.5 Å². The quantitative estimate of drug-likeness (QED) is 0.170. The van der Waals surface area contributed by atoms with E-state index in [1.807, 2.05) is 48.8 Å². The lowest BCUT2D eigenvalue weighted by atomic mass is 9.78. The zero-order valence-corrected chi connectivity index (χ0v) is 31.5. The summed E-state index contributed by atoms with van der Waals surface area (Å²) in [5.74, 6) is 0.233. The first-order valence-electron chi connectivity index (χ1n) is 19.0. The number of rotatable bonds is 10. The predicted molar refractivity (Wildman–Crippen MR) is 205 cm³/mol.